The fourth-order valence-corrected chi connectivity index (χ4v) is 3.63. The highest BCUT2D eigenvalue weighted by atomic mass is 79.9. The molecule has 3 aromatic rings. The van der Waals surface area contributed by atoms with Crippen LogP contribution in [0.15, 0.2) is 64.2 Å². The van der Waals surface area contributed by atoms with Crippen LogP contribution in [0.3, 0.4) is 0 Å². The van der Waals surface area contributed by atoms with Crippen molar-refractivity contribution in [3.8, 4) is 5.69 Å². The van der Waals surface area contributed by atoms with Gasteiger partial charge in [-0.2, -0.15) is 5.10 Å². The summed E-state index contributed by atoms with van der Waals surface area (Å²) >= 11 is 3.37. The summed E-state index contributed by atoms with van der Waals surface area (Å²) in [5.41, 5.74) is 1.10. The predicted octanol–water partition coefficient (Wildman–Crippen LogP) is 2.60. The normalized spacial score (nSPS) is 11.4. The van der Waals surface area contributed by atoms with E-state index >= 15 is 0 Å². The van der Waals surface area contributed by atoms with Gasteiger partial charge >= 0.3 is 0 Å². The van der Waals surface area contributed by atoms with Gasteiger partial charge in [-0.05, 0) is 29.8 Å². The van der Waals surface area contributed by atoms with Gasteiger partial charge in [-0.1, -0.05) is 34.1 Å². The summed E-state index contributed by atoms with van der Waals surface area (Å²) in [6, 6.07) is 11.4. The largest absolute Gasteiger partial charge is 0.326 e. The Hall–Kier alpha value is -2.56. The topological polar surface area (TPSA) is 107 Å². The van der Waals surface area contributed by atoms with Gasteiger partial charge in [0.25, 0.3) is 0 Å². The van der Waals surface area contributed by atoms with Gasteiger partial charge in [0.2, 0.25) is 15.9 Å². The van der Waals surface area contributed by atoms with Crippen LogP contribution in [0.5, 0.6) is 0 Å². The van der Waals surface area contributed by atoms with Crippen molar-refractivity contribution in [2.24, 2.45) is 5.14 Å². The molecule has 0 saturated heterocycles. The summed E-state index contributed by atoms with van der Waals surface area (Å²) in [7, 11) is -4.14. The number of carbonyl (C=O) groups is 1. The van der Waals surface area contributed by atoms with Crippen LogP contribution < -0.4 is 10.5 Å². The third-order valence-corrected chi connectivity index (χ3v) is 5.37. The number of hydrogen-bond donors (Lipinski definition) is 2. The molecule has 10 heteroatoms. The van der Waals surface area contributed by atoms with Crippen LogP contribution in [0.4, 0.5) is 10.1 Å². The van der Waals surface area contributed by atoms with Gasteiger partial charge in [-0.25, -0.2) is 22.6 Å². The molecule has 0 unspecified atom stereocenters. The Balaban J connectivity index is 1.89. The first-order valence-corrected chi connectivity index (χ1v) is 9.98. The Kier molecular flexibility index (Phi) is 5.40. The lowest BCUT2D eigenvalue weighted by Gasteiger charge is -2.11. The standard InChI is InChI=1S/C17H14BrFN4O3S/c18-14-4-2-1-3-11(14)7-17(24)22-13-5-6-15(16(8-13)27(20,25)26)23-10-12(19)9-21-23/h1-6,8-10H,7H2,(H,22,24)(H2,20,25,26). The minimum atomic E-state index is -4.14. The highest BCUT2D eigenvalue weighted by molar-refractivity contribution is 9.10. The lowest BCUT2D eigenvalue weighted by Crippen LogP contribution is -2.18. The van der Waals surface area contributed by atoms with E-state index in [0.717, 1.165) is 27.1 Å². The molecule has 27 heavy (non-hydrogen) atoms. The Morgan fingerprint density at radius 2 is 2.00 bits per heavy atom. The first-order chi connectivity index (χ1) is 12.7. The summed E-state index contributed by atoms with van der Waals surface area (Å²) in [5.74, 6) is -0.957. The molecule has 1 aromatic heterocycles. The molecule has 140 valence electrons. The molecule has 1 amide bonds. The SMILES string of the molecule is NS(=O)(=O)c1cc(NC(=O)Cc2ccccc2Br)ccc1-n1cc(F)cn1. The van der Waals surface area contributed by atoms with E-state index in [1.165, 1.54) is 18.2 Å². The Bertz CT molecular complexity index is 1110. The van der Waals surface area contributed by atoms with Gasteiger partial charge in [-0.3, -0.25) is 4.79 Å². The van der Waals surface area contributed by atoms with E-state index in [-0.39, 0.29) is 28.6 Å². The van der Waals surface area contributed by atoms with Crippen LogP contribution in [-0.2, 0) is 21.2 Å². The third kappa shape index (κ3) is 4.59. The smallest absolute Gasteiger partial charge is 0.240 e. The second kappa shape index (κ2) is 7.59. The molecule has 1 heterocycles. The van der Waals surface area contributed by atoms with E-state index in [1.54, 1.807) is 6.07 Å². The quantitative estimate of drug-likeness (QED) is 0.619. The average molecular weight is 453 g/mol. The zero-order valence-electron chi connectivity index (χ0n) is 13.8. The molecular formula is C17H14BrFN4O3S. The zero-order chi connectivity index (χ0) is 19.6. The summed E-state index contributed by atoms with van der Waals surface area (Å²) in [4.78, 5) is 12.0. The van der Waals surface area contributed by atoms with Crippen molar-refractivity contribution in [3.05, 3.63) is 70.7 Å². The lowest BCUT2D eigenvalue weighted by molar-refractivity contribution is -0.115. The Labute approximate surface area is 163 Å². The van der Waals surface area contributed by atoms with Crippen LogP contribution in [0.2, 0.25) is 0 Å². The lowest BCUT2D eigenvalue weighted by atomic mass is 10.1. The van der Waals surface area contributed by atoms with Crippen molar-refractivity contribution in [2.45, 2.75) is 11.3 Å². The van der Waals surface area contributed by atoms with Crippen LogP contribution >= 0.6 is 15.9 Å². The number of primary sulfonamides is 1. The molecule has 3 N–H and O–H groups in total. The number of nitrogens with one attached hydrogen (secondary N) is 1. The van der Waals surface area contributed by atoms with E-state index in [1.807, 2.05) is 18.2 Å². The van der Waals surface area contributed by atoms with Crippen LogP contribution in [0, 0.1) is 5.82 Å². The zero-order valence-corrected chi connectivity index (χ0v) is 16.2. The third-order valence-electron chi connectivity index (χ3n) is 3.66. The average Bonchev–Trinajstić information content (AvgIpc) is 3.02. The highest BCUT2D eigenvalue weighted by Crippen LogP contribution is 2.24. The molecule has 0 bridgehead atoms. The first kappa shape index (κ1) is 19.2. The molecular weight excluding hydrogens is 439 g/mol. The maximum atomic E-state index is 13.2. The second-order valence-corrected chi connectivity index (χ2v) is 8.03. The summed E-state index contributed by atoms with van der Waals surface area (Å²) in [6.45, 7) is 0. The molecule has 0 atom stereocenters. The number of halogens is 2. The number of rotatable bonds is 5. The van der Waals surface area contributed by atoms with Crippen LogP contribution in [0.1, 0.15) is 5.56 Å². The Morgan fingerprint density at radius 3 is 2.63 bits per heavy atom. The minimum Gasteiger partial charge on any atom is -0.326 e. The van der Waals surface area contributed by atoms with Crippen molar-refractivity contribution in [2.75, 3.05) is 5.32 Å². The van der Waals surface area contributed by atoms with E-state index in [2.05, 4.69) is 26.3 Å². The van der Waals surface area contributed by atoms with Gasteiger partial charge in [0.15, 0.2) is 5.82 Å². The number of hydrogen-bond acceptors (Lipinski definition) is 4. The number of amides is 1. The summed E-state index contributed by atoms with van der Waals surface area (Å²) in [5, 5.41) is 11.6. The van der Waals surface area contributed by atoms with Gasteiger partial charge in [0.05, 0.1) is 24.5 Å². The highest BCUT2D eigenvalue weighted by Gasteiger charge is 2.18. The molecule has 3 rings (SSSR count). The van der Waals surface area contributed by atoms with E-state index in [4.69, 9.17) is 5.14 Å². The molecule has 0 fully saturated rings. The molecule has 7 nitrogen and oxygen atoms in total. The number of anilines is 1. The fraction of sp³-hybridized carbons (Fsp3) is 0.0588. The van der Waals surface area contributed by atoms with Gasteiger partial charge in [0.1, 0.15) is 4.90 Å². The molecule has 0 saturated carbocycles. The number of nitrogens with zero attached hydrogens (tertiary/aromatic N) is 2. The van der Waals surface area contributed by atoms with Crippen molar-refractivity contribution in [3.63, 3.8) is 0 Å². The molecule has 0 spiro atoms. The van der Waals surface area contributed by atoms with Gasteiger partial charge in [-0.15, -0.1) is 0 Å². The maximum Gasteiger partial charge on any atom is 0.240 e. The monoisotopic (exact) mass is 452 g/mol. The van der Waals surface area contributed by atoms with Gasteiger partial charge < -0.3 is 5.32 Å². The molecule has 0 aliphatic rings. The summed E-state index contributed by atoms with van der Waals surface area (Å²) < 4.78 is 38.9. The maximum absolute atomic E-state index is 13.2. The number of aromatic nitrogens is 2. The summed E-state index contributed by atoms with van der Waals surface area (Å²) in [6.07, 6.45) is 2.06. The number of sulfonamides is 1. The van der Waals surface area contributed by atoms with Gasteiger partial charge in [0, 0.05) is 10.2 Å². The van der Waals surface area contributed by atoms with E-state index in [0.29, 0.717) is 0 Å². The molecule has 2 aromatic carbocycles. The number of nitrogens with two attached hydrogens (primary N) is 1. The molecule has 0 aliphatic heterocycles. The minimum absolute atomic E-state index is 0.0743. The number of carbonyl (C=O) groups excluding carboxylic acids is 1. The van der Waals surface area contributed by atoms with Crippen molar-refractivity contribution in [1.82, 2.24) is 9.78 Å². The van der Waals surface area contributed by atoms with Crippen LogP contribution in [0.25, 0.3) is 5.69 Å². The van der Waals surface area contributed by atoms with Crippen molar-refractivity contribution in [1.29, 1.82) is 0 Å². The first-order valence-electron chi connectivity index (χ1n) is 7.65. The number of benzene rings is 2. The molecule has 0 aliphatic carbocycles. The van der Waals surface area contributed by atoms with E-state index in [9.17, 15) is 17.6 Å². The second-order valence-electron chi connectivity index (χ2n) is 5.65. The van der Waals surface area contributed by atoms with E-state index < -0.39 is 15.8 Å². The molecule has 0 radical (unpaired) electrons. The van der Waals surface area contributed by atoms with Crippen LogP contribution in [-0.4, -0.2) is 24.1 Å². The van der Waals surface area contributed by atoms with Crippen molar-refractivity contribution < 1.29 is 17.6 Å². The Morgan fingerprint density at radius 1 is 1.26 bits per heavy atom. The predicted molar refractivity (Wildman–Crippen MR) is 101 cm³/mol. The fourth-order valence-electron chi connectivity index (χ4n) is 2.46. The van der Waals surface area contributed by atoms with Crippen molar-refractivity contribution >= 4 is 37.5 Å².